The SMILES string of the molecule is COc1cc(O)cnc1OCc1ccc(C)cc1. The molecule has 0 unspecified atom stereocenters. The van der Waals surface area contributed by atoms with Gasteiger partial charge in [0.1, 0.15) is 12.4 Å². The molecule has 94 valence electrons. The molecule has 0 saturated carbocycles. The highest BCUT2D eigenvalue weighted by Gasteiger charge is 2.07. The van der Waals surface area contributed by atoms with E-state index in [1.165, 1.54) is 24.9 Å². The summed E-state index contributed by atoms with van der Waals surface area (Å²) in [5, 5.41) is 9.29. The molecule has 0 radical (unpaired) electrons. The second-order valence-corrected chi connectivity index (χ2v) is 3.98. The van der Waals surface area contributed by atoms with E-state index in [2.05, 4.69) is 4.98 Å². The Balaban J connectivity index is 2.08. The van der Waals surface area contributed by atoms with Crippen molar-refractivity contribution in [1.82, 2.24) is 4.98 Å². The Morgan fingerprint density at radius 1 is 1.22 bits per heavy atom. The van der Waals surface area contributed by atoms with Gasteiger partial charge in [0.25, 0.3) is 5.88 Å². The van der Waals surface area contributed by atoms with Gasteiger partial charge in [-0.05, 0) is 12.5 Å². The van der Waals surface area contributed by atoms with E-state index in [0.29, 0.717) is 18.2 Å². The lowest BCUT2D eigenvalue weighted by Crippen LogP contribution is -1.99. The topological polar surface area (TPSA) is 51.6 Å². The molecular formula is C14H15NO3. The lowest BCUT2D eigenvalue weighted by Gasteiger charge is -2.09. The molecule has 4 heteroatoms. The van der Waals surface area contributed by atoms with Crippen molar-refractivity contribution in [3.8, 4) is 17.4 Å². The summed E-state index contributed by atoms with van der Waals surface area (Å²) in [5.41, 5.74) is 2.26. The molecule has 0 aliphatic rings. The van der Waals surface area contributed by atoms with Gasteiger partial charge in [0, 0.05) is 6.07 Å². The summed E-state index contributed by atoms with van der Waals surface area (Å²) in [6.45, 7) is 2.45. The molecule has 1 aromatic carbocycles. The molecule has 0 spiro atoms. The van der Waals surface area contributed by atoms with Gasteiger partial charge >= 0.3 is 0 Å². The minimum Gasteiger partial charge on any atom is -0.506 e. The van der Waals surface area contributed by atoms with Crippen LogP contribution in [0.1, 0.15) is 11.1 Å². The first-order valence-corrected chi connectivity index (χ1v) is 5.60. The van der Waals surface area contributed by atoms with Crippen LogP contribution in [-0.4, -0.2) is 17.2 Å². The normalized spacial score (nSPS) is 10.1. The minimum atomic E-state index is 0.0505. The number of rotatable bonds is 4. The predicted molar refractivity (Wildman–Crippen MR) is 68.0 cm³/mol. The summed E-state index contributed by atoms with van der Waals surface area (Å²) in [4.78, 5) is 3.98. The van der Waals surface area contributed by atoms with Crippen molar-refractivity contribution in [3.63, 3.8) is 0 Å². The zero-order valence-electron chi connectivity index (χ0n) is 10.4. The number of aromatic hydroxyl groups is 1. The number of ether oxygens (including phenoxy) is 2. The van der Waals surface area contributed by atoms with Gasteiger partial charge in [-0.1, -0.05) is 29.8 Å². The Labute approximate surface area is 106 Å². The van der Waals surface area contributed by atoms with Crippen LogP contribution in [0, 0.1) is 6.92 Å². The highest BCUT2D eigenvalue weighted by Crippen LogP contribution is 2.28. The summed E-state index contributed by atoms with van der Waals surface area (Å²) >= 11 is 0. The number of benzene rings is 1. The second kappa shape index (κ2) is 5.40. The molecule has 2 aromatic rings. The molecule has 1 aromatic heterocycles. The van der Waals surface area contributed by atoms with Crippen molar-refractivity contribution in [2.75, 3.05) is 7.11 Å². The molecule has 0 amide bonds. The van der Waals surface area contributed by atoms with Crippen molar-refractivity contribution < 1.29 is 14.6 Å². The average Bonchev–Trinajstić information content (AvgIpc) is 2.39. The van der Waals surface area contributed by atoms with Crippen molar-refractivity contribution in [3.05, 3.63) is 47.7 Å². The van der Waals surface area contributed by atoms with Crippen LogP contribution in [0.5, 0.6) is 17.4 Å². The first-order chi connectivity index (χ1) is 8.69. The maximum absolute atomic E-state index is 9.29. The summed E-state index contributed by atoms with van der Waals surface area (Å²) in [5.74, 6) is 0.840. The van der Waals surface area contributed by atoms with E-state index in [1.54, 1.807) is 0 Å². The molecule has 0 atom stereocenters. The third kappa shape index (κ3) is 2.91. The Morgan fingerprint density at radius 2 is 1.94 bits per heavy atom. The lowest BCUT2D eigenvalue weighted by molar-refractivity contribution is 0.271. The van der Waals surface area contributed by atoms with Gasteiger partial charge in [0.05, 0.1) is 13.3 Å². The van der Waals surface area contributed by atoms with Gasteiger partial charge in [-0.25, -0.2) is 4.98 Å². The van der Waals surface area contributed by atoms with Gasteiger partial charge in [-0.3, -0.25) is 0 Å². The molecule has 0 saturated heterocycles. The standard InChI is InChI=1S/C14H15NO3/c1-10-3-5-11(6-4-10)9-18-14-13(17-2)7-12(16)8-15-14/h3-8,16H,9H2,1-2H3. The molecule has 0 aliphatic heterocycles. The monoisotopic (exact) mass is 245 g/mol. The Hall–Kier alpha value is -2.23. The van der Waals surface area contributed by atoms with Gasteiger partial charge in [-0.2, -0.15) is 0 Å². The maximum atomic E-state index is 9.29. The van der Waals surface area contributed by atoms with E-state index in [1.807, 2.05) is 31.2 Å². The number of methoxy groups -OCH3 is 1. The fourth-order valence-corrected chi connectivity index (χ4v) is 1.51. The first-order valence-electron chi connectivity index (χ1n) is 5.60. The van der Waals surface area contributed by atoms with Crippen LogP contribution in [0.2, 0.25) is 0 Å². The van der Waals surface area contributed by atoms with Crippen LogP contribution in [-0.2, 0) is 6.61 Å². The summed E-state index contributed by atoms with van der Waals surface area (Å²) in [6.07, 6.45) is 1.33. The van der Waals surface area contributed by atoms with Gasteiger partial charge in [0.2, 0.25) is 0 Å². The summed E-state index contributed by atoms with van der Waals surface area (Å²) < 4.78 is 10.6. The minimum absolute atomic E-state index is 0.0505. The number of nitrogens with zero attached hydrogens (tertiary/aromatic N) is 1. The van der Waals surface area contributed by atoms with E-state index in [-0.39, 0.29) is 5.75 Å². The number of pyridine rings is 1. The number of aromatic nitrogens is 1. The first kappa shape index (κ1) is 12.2. The van der Waals surface area contributed by atoms with Crippen LogP contribution >= 0.6 is 0 Å². The van der Waals surface area contributed by atoms with Crippen molar-refractivity contribution in [1.29, 1.82) is 0 Å². The Morgan fingerprint density at radius 3 is 2.61 bits per heavy atom. The fourth-order valence-electron chi connectivity index (χ4n) is 1.51. The van der Waals surface area contributed by atoms with Crippen LogP contribution in [0.15, 0.2) is 36.5 Å². The van der Waals surface area contributed by atoms with Crippen LogP contribution in [0.25, 0.3) is 0 Å². The Kier molecular flexibility index (Phi) is 3.67. The molecule has 1 heterocycles. The molecule has 1 N–H and O–H groups in total. The second-order valence-electron chi connectivity index (χ2n) is 3.98. The Bertz CT molecular complexity index is 523. The largest absolute Gasteiger partial charge is 0.506 e. The zero-order valence-corrected chi connectivity index (χ0v) is 10.4. The molecular weight excluding hydrogens is 230 g/mol. The van der Waals surface area contributed by atoms with Crippen molar-refractivity contribution in [2.45, 2.75) is 13.5 Å². The van der Waals surface area contributed by atoms with Gasteiger partial charge < -0.3 is 14.6 Å². The summed E-state index contributed by atoms with van der Waals surface area (Å²) in [6, 6.07) is 9.53. The lowest BCUT2D eigenvalue weighted by atomic mass is 10.2. The van der Waals surface area contributed by atoms with E-state index < -0.39 is 0 Å². The molecule has 0 aliphatic carbocycles. The van der Waals surface area contributed by atoms with E-state index in [4.69, 9.17) is 9.47 Å². The van der Waals surface area contributed by atoms with Gasteiger partial charge in [0.15, 0.2) is 5.75 Å². The maximum Gasteiger partial charge on any atom is 0.257 e. The smallest absolute Gasteiger partial charge is 0.257 e. The average molecular weight is 245 g/mol. The molecule has 0 bridgehead atoms. The van der Waals surface area contributed by atoms with E-state index in [9.17, 15) is 5.11 Å². The highest BCUT2D eigenvalue weighted by molar-refractivity contribution is 5.38. The quantitative estimate of drug-likeness (QED) is 0.899. The van der Waals surface area contributed by atoms with E-state index in [0.717, 1.165) is 5.56 Å². The molecule has 4 nitrogen and oxygen atoms in total. The fraction of sp³-hybridized carbons (Fsp3) is 0.214. The predicted octanol–water partition coefficient (Wildman–Crippen LogP) is 2.68. The number of aryl methyl sites for hydroxylation is 1. The molecule has 18 heavy (non-hydrogen) atoms. The third-order valence-electron chi connectivity index (χ3n) is 2.52. The number of hydrogen-bond donors (Lipinski definition) is 1. The summed E-state index contributed by atoms with van der Waals surface area (Å²) in [7, 11) is 1.51. The molecule has 0 fully saturated rings. The molecule has 2 rings (SSSR count). The highest BCUT2D eigenvalue weighted by atomic mass is 16.5. The van der Waals surface area contributed by atoms with Crippen LogP contribution in [0.3, 0.4) is 0 Å². The zero-order chi connectivity index (χ0) is 13.0. The van der Waals surface area contributed by atoms with E-state index >= 15 is 0 Å². The number of hydrogen-bond acceptors (Lipinski definition) is 4. The van der Waals surface area contributed by atoms with Crippen molar-refractivity contribution in [2.24, 2.45) is 0 Å². The third-order valence-corrected chi connectivity index (χ3v) is 2.52. The van der Waals surface area contributed by atoms with Crippen LogP contribution < -0.4 is 9.47 Å². The van der Waals surface area contributed by atoms with Crippen molar-refractivity contribution >= 4 is 0 Å². The van der Waals surface area contributed by atoms with Gasteiger partial charge in [-0.15, -0.1) is 0 Å². The van der Waals surface area contributed by atoms with Crippen LogP contribution in [0.4, 0.5) is 0 Å².